The molecule has 1 amide bonds. The van der Waals surface area contributed by atoms with Crippen molar-refractivity contribution in [2.24, 2.45) is 0 Å². The molecule has 0 N–H and O–H groups in total. The highest BCUT2D eigenvalue weighted by molar-refractivity contribution is 7.93. The summed E-state index contributed by atoms with van der Waals surface area (Å²) in [5.74, 6) is -0.320. The molecule has 0 radical (unpaired) electrons. The van der Waals surface area contributed by atoms with Gasteiger partial charge in [-0.15, -0.1) is 0 Å². The summed E-state index contributed by atoms with van der Waals surface area (Å²) in [5, 5.41) is 9.64. The van der Waals surface area contributed by atoms with Crippen LogP contribution in [0.1, 0.15) is 11.1 Å². The van der Waals surface area contributed by atoms with E-state index in [0.29, 0.717) is 15.6 Å². The molecule has 0 saturated carbocycles. The number of amides is 1. The lowest BCUT2D eigenvalue weighted by molar-refractivity contribution is -0.113. The fourth-order valence-corrected chi connectivity index (χ4v) is 4.27. The number of hydrogen-bond acceptors (Lipinski definition) is 5. The molecule has 0 atom stereocenters. The van der Waals surface area contributed by atoms with Crippen LogP contribution in [0, 0.1) is 18.3 Å². The lowest BCUT2D eigenvalue weighted by atomic mass is 10.1. The Morgan fingerprint density at radius 1 is 0.968 bits per heavy atom. The van der Waals surface area contributed by atoms with Gasteiger partial charge < -0.3 is 4.74 Å². The highest BCUT2D eigenvalue weighted by Gasteiger charge is 2.33. The second-order valence-corrected chi connectivity index (χ2v) is 8.45. The van der Waals surface area contributed by atoms with Gasteiger partial charge in [0, 0.05) is 0 Å². The Bertz CT molecular complexity index is 1240. The van der Waals surface area contributed by atoms with E-state index in [0.717, 1.165) is 5.56 Å². The molecule has 0 bridgehead atoms. The fraction of sp³-hybridized carbons (Fsp3) is 0.0833. The second kappa shape index (κ2) is 9.28. The zero-order valence-electron chi connectivity index (χ0n) is 17.0. The van der Waals surface area contributed by atoms with Gasteiger partial charge in [0.2, 0.25) is 0 Å². The van der Waals surface area contributed by atoms with Gasteiger partial charge in [0.25, 0.3) is 15.9 Å². The van der Waals surface area contributed by atoms with Crippen molar-refractivity contribution in [3.8, 4) is 11.8 Å². The molecule has 0 unspecified atom stereocenters. The van der Waals surface area contributed by atoms with E-state index in [1.807, 2.05) is 13.0 Å². The maximum absolute atomic E-state index is 13.4. The molecule has 0 aliphatic heterocycles. The standard InChI is InChI=1S/C24H20N2O4S/c1-18-8-14-23(15-9-18)31(28,29)26(21-6-4-3-5-7-21)24(27)20(17-25)16-19-10-12-22(30-2)13-11-19/h3-16H,1-2H3/b20-16+. The summed E-state index contributed by atoms with van der Waals surface area (Å²) < 4.78 is 32.6. The monoisotopic (exact) mass is 432 g/mol. The number of anilines is 1. The van der Waals surface area contributed by atoms with Crippen molar-refractivity contribution in [1.29, 1.82) is 5.26 Å². The van der Waals surface area contributed by atoms with Crippen molar-refractivity contribution < 1.29 is 17.9 Å². The highest BCUT2D eigenvalue weighted by atomic mass is 32.2. The third kappa shape index (κ3) is 4.82. The van der Waals surface area contributed by atoms with Gasteiger partial charge in [0.05, 0.1) is 17.7 Å². The molecule has 0 saturated heterocycles. The van der Waals surface area contributed by atoms with Crippen molar-refractivity contribution >= 4 is 27.7 Å². The molecular weight excluding hydrogens is 412 g/mol. The first kappa shape index (κ1) is 21.8. The summed E-state index contributed by atoms with van der Waals surface area (Å²) in [7, 11) is -2.73. The van der Waals surface area contributed by atoms with Gasteiger partial charge >= 0.3 is 0 Å². The van der Waals surface area contributed by atoms with Crippen LogP contribution < -0.4 is 9.04 Å². The molecule has 0 heterocycles. The number of carbonyl (C=O) groups excluding carboxylic acids is 1. The summed E-state index contributed by atoms with van der Waals surface area (Å²) in [6.45, 7) is 1.84. The van der Waals surface area contributed by atoms with Crippen LogP contribution in [-0.4, -0.2) is 21.4 Å². The van der Waals surface area contributed by atoms with Crippen LogP contribution >= 0.6 is 0 Å². The summed E-state index contributed by atoms with van der Waals surface area (Å²) in [6, 6.07) is 22.7. The molecule has 0 aromatic heterocycles. The Balaban J connectivity index is 2.10. The summed E-state index contributed by atoms with van der Waals surface area (Å²) in [6.07, 6.45) is 1.35. The number of aryl methyl sites for hydroxylation is 1. The SMILES string of the molecule is COc1ccc(/C=C(\C#N)C(=O)N(c2ccccc2)S(=O)(=O)c2ccc(C)cc2)cc1. The minimum atomic E-state index is -4.26. The number of benzene rings is 3. The molecular formula is C24H20N2O4S. The summed E-state index contributed by atoms with van der Waals surface area (Å²) in [5.41, 5.74) is 1.27. The maximum Gasteiger partial charge on any atom is 0.282 e. The Kier molecular flexibility index (Phi) is 6.53. The van der Waals surface area contributed by atoms with E-state index >= 15 is 0 Å². The first-order chi connectivity index (χ1) is 14.9. The van der Waals surface area contributed by atoms with Crippen LogP contribution in [-0.2, 0) is 14.8 Å². The third-order valence-corrected chi connectivity index (χ3v) is 6.24. The Labute approximate surface area is 181 Å². The lowest BCUT2D eigenvalue weighted by Gasteiger charge is -2.22. The first-order valence-corrected chi connectivity index (χ1v) is 10.8. The molecule has 3 rings (SSSR count). The topological polar surface area (TPSA) is 87.5 Å². The van der Waals surface area contributed by atoms with Crippen molar-refractivity contribution in [2.45, 2.75) is 11.8 Å². The van der Waals surface area contributed by atoms with Crippen LogP contribution in [0.15, 0.2) is 89.3 Å². The van der Waals surface area contributed by atoms with Gasteiger partial charge in [-0.3, -0.25) is 4.79 Å². The molecule has 0 aliphatic carbocycles. The molecule has 6 nitrogen and oxygen atoms in total. The summed E-state index contributed by atoms with van der Waals surface area (Å²) >= 11 is 0. The van der Waals surface area contributed by atoms with Gasteiger partial charge in [-0.2, -0.15) is 9.57 Å². The number of carbonyl (C=O) groups is 1. The smallest absolute Gasteiger partial charge is 0.282 e. The van der Waals surface area contributed by atoms with Crippen LogP contribution in [0.3, 0.4) is 0 Å². The third-order valence-electron chi connectivity index (χ3n) is 4.51. The molecule has 7 heteroatoms. The number of para-hydroxylation sites is 1. The van der Waals surface area contributed by atoms with E-state index < -0.39 is 15.9 Å². The van der Waals surface area contributed by atoms with E-state index in [1.165, 1.54) is 37.5 Å². The zero-order chi connectivity index (χ0) is 22.4. The van der Waals surface area contributed by atoms with E-state index in [4.69, 9.17) is 4.74 Å². The van der Waals surface area contributed by atoms with Gasteiger partial charge in [0.15, 0.2) is 0 Å². The summed E-state index contributed by atoms with van der Waals surface area (Å²) in [4.78, 5) is 13.3. The van der Waals surface area contributed by atoms with Gasteiger partial charge in [-0.25, -0.2) is 8.42 Å². The number of methoxy groups -OCH3 is 1. The second-order valence-electron chi connectivity index (χ2n) is 6.67. The van der Waals surface area contributed by atoms with Crippen molar-refractivity contribution in [3.05, 3.63) is 95.6 Å². The molecule has 0 aliphatic rings. The van der Waals surface area contributed by atoms with Crippen molar-refractivity contribution in [3.63, 3.8) is 0 Å². The average molecular weight is 433 g/mol. The molecule has 0 fully saturated rings. The van der Waals surface area contributed by atoms with Crippen molar-refractivity contribution in [1.82, 2.24) is 0 Å². The van der Waals surface area contributed by atoms with Gasteiger partial charge in [-0.1, -0.05) is 48.0 Å². The molecule has 3 aromatic rings. The normalized spacial score (nSPS) is 11.5. The highest BCUT2D eigenvalue weighted by Crippen LogP contribution is 2.26. The minimum absolute atomic E-state index is 0.0444. The Morgan fingerprint density at radius 3 is 2.13 bits per heavy atom. The number of nitrogens with zero attached hydrogens (tertiary/aromatic N) is 2. The van der Waals surface area contributed by atoms with Crippen LogP contribution in [0.5, 0.6) is 5.75 Å². The van der Waals surface area contributed by atoms with Crippen molar-refractivity contribution in [2.75, 3.05) is 11.4 Å². The number of rotatable bonds is 6. The quantitative estimate of drug-likeness (QED) is 0.427. The first-order valence-electron chi connectivity index (χ1n) is 9.34. The fourth-order valence-electron chi connectivity index (χ4n) is 2.86. The Hall–Kier alpha value is -3.89. The lowest BCUT2D eigenvalue weighted by Crippen LogP contribution is -2.37. The Morgan fingerprint density at radius 2 is 1.58 bits per heavy atom. The predicted octanol–water partition coefficient (Wildman–Crippen LogP) is 4.33. The van der Waals surface area contributed by atoms with Crippen LogP contribution in [0.2, 0.25) is 0 Å². The zero-order valence-corrected chi connectivity index (χ0v) is 17.8. The van der Waals surface area contributed by atoms with Gasteiger partial charge in [0.1, 0.15) is 17.4 Å². The van der Waals surface area contributed by atoms with Crippen LogP contribution in [0.25, 0.3) is 6.08 Å². The number of sulfonamides is 1. The molecule has 3 aromatic carbocycles. The van der Waals surface area contributed by atoms with E-state index in [2.05, 4.69) is 0 Å². The number of hydrogen-bond donors (Lipinski definition) is 0. The van der Waals surface area contributed by atoms with E-state index in [-0.39, 0.29) is 16.2 Å². The minimum Gasteiger partial charge on any atom is -0.497 e. The number of ether oxygens (including phenoxy) is 1. The van der Waals surface area contributed by atoms with Gasteiger partial charge in [-0.05, 0) is 55.0 Å². The maximum atomic E-state index is 13.4. The van der Waals surface area contributed by atoms with Crippen LogP contribution in [0.4, 0.5) is 5.69 Å². The van der Waals surface area contributed by atoms with E-state index in [1.54, 1.807) is 54.6 Å². The molecule has 31 heavy (non-hydrogen) atoms. The molecule has 0 spiro atoms. The predicted molar refractivity (Wildman–Crippen MR) is 119 cm³/mol. The molecule has 156 valence electrons. The number of nitriles is 1. The average Bonchev–Trinajstić information content (AvgIpc) is 2.78. The van der Waals surface area contributed by atoms with E-state index in [9.17, 15) is 18.5 Å². The largest absolute Gasteiger partial charge is 0.497 e.